The first kappa shape index (κ1) is 15.0. The van der Waals surface area contributed by atoms with E-state index in [1.807, 2.05) is 0 Å². The molecular weight excluding hydrogens is 320 g/mol. The van der Waals surface area contributed by atoms with Crippen molar-refractivity contribution in [1.29, 1.82) is 0 Å². The molecule has 1 aromatic carbocycles. The Kier molecular flexibility index (Phi) is 5.15. The number of hydrogen-bond donors (Lipinski definition) is 2. The van der Waals surface area contributed by atoms with Crippen molar-refractivity contribution in [2.45, 2.75) is 17.7 Å². The van der Waals surface area contributed by atoms with E-state index in [9.17, 15) is 13.2 Å². The van der Waals surface area contributed by atoms with Crippen LogP contribution in [0.1, 0.15) is 12.8 Å². The van der Waals surface area contributed by atoms with Gasteiger partial charge in [-0.25, -0.2) is 8.42 Å². The molecule has 7 heteroatoms. The normalized spacial score (nSPS) is 11.2. The van der Waals surface area contributed by atoms with Crippen molar-refractivity contribution in [1.82, 2.24) is 5.32 Å². The molecule has 100 valence electrons. The Bertz CT molecular complexity index is 543. The van der Waals surface area contributed by atoms with E-state index in [-0.39, 0.29) is 35.1 Å². The van der Waals surface area contributed by atoms with Crippen LogP contribution in [0.3, 0.4) is 0 Å². The predicted octanol–water partition coefficient (Wildman–Crippen LogP) is 1.33. The molecular formula is C11H15BrN2O3S. The molecule has 1 amide bonds. The number of nitrogens with two attached hydrogens (primary N) is 1. The van der Waals surface area contributed by atoms with Crippen LogP contribution in [-0.4, -0.2) is 27.1 Å². The molecule has 0 aromatic heterocycles. The quantitative estimate of drug-likeness (QED) is 0.795. The zero-order valence-electron chi connectivity index (χ0n) is 9.94. The molecule has 0 heterocycles. The Balaban J connectivity index is 2.77. The molecule has 0 fully saturated rings. The molecule has 1 aromatic rings. The van der Waals surface area contributed by atoms with Gasteiger partial charge in [0, 0.05) is 17.9 Å². The molecule has 0 unspecified atom stereocenters. The van der Waals surface area contributed by atoms with Crippen molar-refractivity contribution in [3.63, 3.8) is 0 Å². The van der Waals surface area contributed by atoms with E-state index < -0.39 is 9.84 Å². The lowest BCUT2D eigenvalue weighted by atomic mass is 10.3. The van der Waals surface area contributed by atoms with Crippen LogP contribution in [0.15, 0.2) is 27.6 Å². The van der Waals surface area contributed by atoms with Crippen molar-refractivity contribution in [3.05, 3.63) is 22.7 Å². The second-order valence-electron chi connectivity index (χ2n) is 3.78. The lowest BCUT2D eigenvalue weighted by Gasteiger charge is -2.07. The Labute approximate surface area is 115 Å². The Morgan fingerprint density at radius 1 is 1.44 bits per heavy atom. The van der Waals surface area contributed by atoms with Gasteiger partial charge >= 0.3 is 0 Å². The number of nitrogens with one attached hydrogen (secondary N) is 1. The maximum absolute atomic E-state index is 12.0. The Morgan fingerprint density at radius 3 is 2.67 bits per heavy atom. The minimum absolute atomic E-state index is 0.0910. The number of nitrogen functional groups attached to an aromatic ring is 1. The van der Waals surface area contributed by atoms with Gasteiger partial charge in [-0.1, -0.05) is 15.9 Å². The summed E-state index contributed by atoms with van der Waals surface area (Å²) in [7, 11) is -1.92. The van der Waals surface area contributed by atoms with Crippen LogP contribution < -0.4 is 11.1 Å². The number of sulfone groups is 1. The molecule has 0 bridgehead atoms. The van der Waals surface area contributed by atoms with Crippen molar-refractivity contribution in [2.75, 3.05) is 18.5 Å². The fraction of sp³-hybridized carbons (Fsp3) is 0.364. The molecule has 0 saturated carbocycles. The van der Waals surface area contributed by atoms with E-state index in [1.165, 1.54) is 13.1 Å². The third-order valence-electron chi connectivity index (χ3n) is 2.40. The largest absolute Gasteiger partial charge is 0.398 e. The number of halogens is 1. The van der Waals surface area contributed by atoms with Crippen LogP contribution >= 0.6 is 15.9 Å². The highest BCUT2D eigenvalue weighted by atomic mass is 79.9. The summed E-state index contributed by atoms with van der Waals surface area (Å²) in [6, 6.07) is 4.64. The van der Waals surface area contributed by atoms with Gasteiger partial charge in [-0.05, 0) is 24.6 Å². The number of benzene rings is 1. The third kappa shape index (κ3) is 3.99. The molecule has 0 saturated heterocycles. The van der Waals surface area contributed by atoms with Gasteiger partial charge < -0.3 is 11.1 Å². The highest BCUT2D eigenvalue weighted by Crippen LogP contribution is 2.24. The number of rotatable bonds is 5. The van der Waals surface area contributed by atoms with Crippen LogP contribution in [0.5, 0.6) is 0 Å². The van der Waals surface area contributed by atoms with Gasteiger partial charge in [0.1, 0.15) is 0 Å². The first-order chi connectivity index (χ1) is 8.36. The molecule has 0 spiro atoms. The van der Waals surface area contributed by atoms with Crippen LogP contribution in [-0.2, 0) is 14.6 Å². The van der Waals surface area contributed by atoms with E-state index in [0.29, 0.717) is 0 Å². The molecule has 0 aliphatic rings. The smallest absolute Gasteiger partial charge is 0.219 e. The lowest BCUT2D eigenvalue weighted by Crippen LogP contribution is -2.19. The topological polar surface area (TPSA) is 89.3 Å². The summed E-state index contributed by atoms with van der Waals surface area (Å²) >= 11 is 3.22. The monoisotopic (exact) mass is 334 g/mol. The highest BCUT2D eigenvalue weighted by molar-refractivity contribution is 9.10. The molecule has 0 aliphatic heterocycles. The van der Waals surface area contributed by atoms with E-state index in [1.54, 1.807) is 12.1 Å². The molecule has 3 N–H and O–H groups in total. The zero-order valence-corrected chi connectivity index (χ0v) is 12.3. The van der Waals surface area contributed by atoms with Crippen molar-refractivity contribution >= 4 is 37.4 Å². The number of hydrogen-bond acceptors (Lipinski definition) is 4. The fourth-order valence-electron chi connectivity index (χ4n) is 1.46. The molecule has 1 rings (SSSR count). The van der Waals surface area contributed by atoms with Gasteiger partial charge in [0.05, 0.1) is 16.3 Å². The van der Waals surface area contributed by atoms with Gasteiger partial charge in [0.2, 0.25) is 5.91 Å². The number of amides is 1. The summed E-state index contributed by atoms with van der Waals surface area (Å²) in [4.78, 5) is 11.1. The molecule has 0 atom stereocenters. The van der Waals surface area contributed by atoms with Gasteiger partial charge in [-0.2, -0.15) is 0 Å². The van der Waals surface area contributed by atoms with Crippen molar-refractivity contribution in [2.24, 2.45) is 0 Å². The predicted molar refractivity (Wildman–Crippen MR) is 73.9 cm³/mol. The van der Waals surface area contributed by atoms with E-state index in [2.05, 4.69) is 21.2 Å². The van der Waals surface area contributed by atoms with E-state index in [4.69, 9.17) is 5.73 Å². The molecule has 5 nitrogen and oxygen atoms in total. The standard InChI is InChI=1S/C11H15BrN2O3S/c1-14-11(15)3-2-6-18(16,17)10-5-4-8(12)7-9(10)13/h4-5,7H,2-3,6,13H2,1H3,(H,14,15). The first-order valence-electron chi connectivity index (χ1n) is 5.35. The van der Waals surface area contributed by atoms with Gasteiger partial charge in [0.25, 0.3) is 0 Å². The minimum Gasteiger partial charge on any atom is -0.398 e. The Morgan fingerprint density at radius 2 is 2.11 bits per heavy atom. The number of anilines is 1. The summed E-state index contributed by atoms with van der Waals surface area (Å²) in [5, 5.41) is 2.45. The van der Waals surface area contributed by atoms with E-state index >= 15 is 0 Å². The van der Waals surface area contributed by atoms with Crippen LogP contribution in [0.2, 0.25) is 0 Å². The van der Waals surface area contributed by atoms with Crippen LogP contribution in [0, 0.1) is 0 Å². The first-order valence-corrected chi connectivity index (χ1v) is 7.79. The van der Waals surface area contributed by atoms with E-state index in [0.717, 1.165) is 4.47 Å². The average molecular weight is 335 g/mol. The summed E-state index contributed by atoms with van der Waals surface area (Å²) in [6.45, 7) is 0. The van der Waals surface area contributed by atoms with Crippen molar-refractivity contribution in [3.8, 4) is 0 Å². The Hall–Kier alpha value is -1.08. The average Bonchev–Trinajstić information content (AvgIpc) is 2.27. The lowest BCUT2D eigenvalue weighted by molar-refractivity contribution is -0.120. The number of carbonyl (C=O) groups is 1. The maximum Gasteiger partial charge on any atom is 0.219 e. The maximum atomic E-state index is 12.0. The number of carbonyl (C=O) groups excluding carboxylic acids is 1. The van der Waals surface area contributed by atoms with Gasteiger partial charge in [-0.3, -0.25) is 4.79 Å². The van der Waals surface area contributed by atoms with Crippen LogP contribution in [0.25, 0.3) is 0 Å². The summed E-state index contributed by atoms with van der Waals surface area (Å²) in [5.74, 6) is -0.263. The second kappa shape index (κ2) is 6.19. The zero-order chi connectivity index (χ0) is 13.8. The summed E-state index contributed by atoms with van der Waals surface area (Å²) in [6.07, 6.45) is 0.462. The summed E-state index contributed by atoms with van der Waals surface area (Å²) in [5.41, 5.74) is 5.89. The van der Waals surface area contributed by atoms with Gasteiger partial charge in [-0.15, -0.1) is 0 Å². The SMILES string of the molecule is CNC(=O)CCCS(=O)(=O)c1ccc(Br)cc1N. The third-order valence-corrected chi connectivity index (χ3v) is 4.76. The van der Waals surface area contributed by atoms with Crippen molar-refractivity contribution < 1.29 is 13.2 Å². The van der Waals surface area contributed by atoms with Crippen LogP contribution in [0.4, 0.5) is 5.69 Å². The fourth-order valence-corrected chi connectivity index (χ4v) is 3.28. The van der Waals surface area contributed by atoms with Gasteiger partial charge in [0.15, 0.2) is 9.84 Å². The minimum atomic E-state index is -3.44. The molecule has 0 radical (unpaired) electrons. The molecule has 0 aliphatic carbocycles. The highest BCUT2D eigenvalue weighted by Gasteiger charge is 2.17. The molecule has 18 heavy (non-hydrogen) atoms. The summed E-state index contributed by atoms with van der Waals surface area (Å²) < 4.78 is 24.7. The second-order valence-corrected chi connectivity index (χ2v) is 6.77.